The van der Waals surface area contributed by atoms with Crippen molar-refractivity contribution in [3.05, 3.63) is 40.0 Å². The summed E-state index contributed by atoms with van der Waals surface area (Å²) in [5.41, 5.74) is 5.31. The number of nitrogen functional groups attached to an aromatic ring is 1. The van der Waals surface area contributed by atoms with Gasteiger partial charge in [0.25, 0.3) is 10.0 Å². The van der Waals surface area contributed by atoms with Crippen LogP contribution in [-0.2, 0) is 10.0 Å². The molecule has 2 aromatic rings. The summed E-state index contributed by atoms with van der Waals surface area (Å²) in [6, 6.07) is 3.24. The first-order valence-corrected chi connectivity index (χ1v) is 7.71. The van der Waals surface area contributed by atoms with Crippen molar-refractivity contribution >= 4 is 44.7 Å². The number of rotatable bonds is 3. The summed E-state index contributed by atoms with van der Waals surface area (Å²) in [5, 5.41) is -0.237. The Morgan fingerprint density at radius 3 is 2.52 bits per heavy atom. The van der Waals surface area contributed by atoms with E-state index in [-0.39, 0.29) is 32.4 Å². The van der Waals surface area contributed by atoms with Crippen molar-refractivity contribution < 1.29 is 12.8 Å². The predicted molar refractivity (Wildman–Crippen MR) is 78.4 cm³/mol. The van der Waals surface area contributed by atoms with Gasteiger partial charge in [0.1, 0.15) is 16.8 Å². The average Bonchev–Trinajstić information content (AvgIpc) is 2.31. The second-order valence-electron chi connectivity index (χ2n) is 4.09. The van der Waals surface area contributed by atoms with Gasteiger partial charge in [-0.25, -0.2) is 17.8 Å². The van der Waals surface area contributed by atoms with Crippen molar-refractivity contribution in [2.45, 2.75) is 11.8 Å². The second-order valence-corrected chi connectivity index (χ2v) is 6.47. The van der Waals surface area contributed by atoms with Crippen LogP contribution >= 0.6 is 23.2 Å². The first kappa shape index (κ1) is 15.7. The molecular formula is C11H9Cl2FN4O2S. The van der Waals surface area contributed by atoms with Gasteiger partial charge in [-0.15, -0.1) is 0 Å². The Hall–Kier alpha value is -1.64. The lowest BCUT2D eigenvalue weighted by molar-refractivity contribution is 0.599. The Bertz CT molecular complexity index is 794. The van der Waals surface area contributed by atoms with Crippen molar-refractivity contribution in [1.82, 2.24) is 9.97 Å². The highest BCUT2D eigenvalue weighted by molar-refractivity contribution is 7.92. The van der Waals surface area contributed by atoms with Crippen LogP contribution in [0.15, 0.2) is 23.1 Å². The van der Waals surface area contributed by atoms with Gasteiger partial charge in [0, 0.05) is 6.07 Å². The summed E-state index contributed by atoms with van der Waals surface area (Å²) in [5.74, 6) is -0.804. The number of halogens is 3. The molecule has 0 spiro atoms. The molecular weight excluding hydrogens is 342 g/mol. The molecule has 0 saturated heterocycles. The van der Waals surface area contributed by atoms with Crippen molar-refractivity contribution in [2.24, 2.45) is 0 Å². The highest BCUT2D eigenvalue weighted by Gasteiger charge is 2.20. The van der Waals surface area contributed by atoms with E-state index < -0.39 is 15.8 Å². The van der Waals surface area contributed by atoms with E-state index in [1.165, 1.54) is 13.0 Å². The Kier molecular flexibility index (Phi) is 4.22. The largest absolute Gasteiger partial charge is 0.396 e. The molecule has 0 aliphatic carbocycles. The van der Waals surface area contributed by atoms with Gasteiger partial charge in [-0.1, -0.05) is 11.6 Å². The summed E-state index contributed by atoms with van der Waals surface area (Å²) in [7, 11) is -4.02. The van der Waals surface area contributed by atoms with Gasteiger partial charge in [-0.2, -0.15) is 4.98 Å². The van der Waals surface area contributed by atoms with Crippen molar-refractivity contribution in [1.29, 1.82) is 0 Å². The number of aromatic nitrogens is 2. The average molecular weight is 351 g/mol. The molecule has 1 heterocycles. The van der Waals surface area contributed by atoms with E-state index >= 15 is 0 Å². The Morgan fingerprint density at radius 2 is 1.90 bits per heavy atom. The summed E-state index contributed by atoms with van der Waals surface area (Å²) in [6.45, 7) is 1.44. The van der Waals surface area contributed by atoms with Crippen molar-refractivity contribution in [2.75, 3.05) is 10.5 Å². The van der Waals surface area contributed by atoms with Gasteiger partial charge < -0.3 is 5.73 Å². The summed E-state index contributed by atoms with van der Waals surface area (Å²) in [4.78, 5) is 7.11. The molecule has 1 aromatic heterocycles. The van der Waals surface area contributed by atoms with Crippen LogP contribution in [0.2, 0.25) is 10.4 Å². The number of hydrogen-bond donors (Lipinski definition) is 2. The van der Waals surface area contributed by atoms with Crippen LogP contribution in [0.25, 0.3) is 0 Å². The van der Waals surface area contributed by atoms with E-state index in [9.17, 15) is 12.8 Å². The minimum absolute atomic E-state index is 0.0250. The number of nitrogens with two attached hydrogens (primary N) is 1. The van der Waals surface area contributed by atoms with Crippen molar-refractivity contribution in [3.8, 4) is 0 Å². The summed E-state index contributed by atoms with van der Waals surface area (Å²) < 4.78 is 40.0. The van der Waals surface area contributed by atoms with Crippen LogP contribution in [-0.4, -0.2) is 18.4 Å². The van der Waals surface area contributed by atoms with E-state index in [1.54, 1.807) is 0 Å². The van der Waals surface area contributed by atoms with E-state index in [1.807, 2.05) is 0 Å². The number of anilines is 2. The number of aryl methyl sites for hydroxylation is 1. The molecule has 0 bridgehead atoms. The molecule has 0 atom stereocenters. The third-order valence-electron chi connectivity index (χ3n) is 2.49. The van der Waals surface area contributed by atoms with Gasteiger partial charge in [0.05, 0.1) is 10.6 Å². The lowest BCUT2D eigenvalue weighted by Crippen LogP contribution is -2.16. The molecule has 3 N–H and O–H groups in total. The van der Waals surface area contributed by atoms with Gasteiger partial charge in [0.2, 0.25) is 5.28 Å². The SMILES string of the molecule is Cc1cc(F)c(N)cc1S(=O)(=O)Nc1cc(Cl)nc(Cl)n1. The van der Waals surface area contributed by atoms with Crippen LogP contribution < -0.4 is 10.5 Å². The molecule has 0 aliphatic heterocycles. The number of sulfonamides is 1. The minimum atomic E-state index is -4.02. The van der Waals surface area contributed by atoms with Crippen LogP contribution in [0.3, 0.4) is 0 Å². The standard InChI is InChI=1S/C11H9Cl2FN4O2S/c1-5-2-6(14)7(15)3-8(5)21(19,20)18-10-4-9(12)16-11(13)17-10/h2-4H,15H2,1H3,(H,16,17,18). The highest BCUT2D eigenvalue weighted by Crippen LogP contribution is 2.24. The lowest BCUT2D eigenvalue weighted by atomic mass is 10.2. The first-order valence-electron chi connectivity index (χ1n) is 5.47. The predicted octanol–water partition coefficient (Wildman–Crippen LogP) is 2.61. The monoisotopic (exact) mass is 350 g/mol. The second kappa shape index (κ2) is 5.63. The van der Waals surface area contributed by atoms with E-state index in [2.05, 4.69) is 14.7 Å². The molecule has 0 saturated carbocycles. The van der Waals surface area contributed by atoms with Crippen LogP contribution in [0, 0.1) is 12.7 Å². The topological polar surface area (TPSA) is 98.0 Å². The maximum absolute atomic E-state index is 13.3. The molecule has 2 rings (SSSR count). The molecule has 1 aromatic carbocycles. The first-order chi connectivity index (χ1) is 9.69. The highest BCUT2D eigenvalue weighted by atomic mass is 35.5. The molecule has 0 radical (unpaired) electrons. The lowest BCUT2D eigenvalue weighted by Gasteiger charge is -2.11. The molecule has 0 aliphatic rings. The Morgan fingerprint density at radius 1 is 1.24 bits per heavy atom. The maximum Gasteiger partial charge on any atom is 0.263 e. The van der Waals surface area contributed by atoms with Gasteiger partial charge >= 0.3 is 0 Å². The zero-order valence-electron chi connectivity index (χ0n) is 10.6. The zero-order valence-corrected chi connectivity index (χ0v) is 12.9. The van der Waals surface area contributed by atoms with E-state index in [0.717, 1.165) is 12.1 Å². The maximum atomic E-state index is 13.3. The van der Waals surface area contributed by atoms with Crippen molar-refractivity contribution in [3.63, 3.8) is 0 Å². The number of hydrogen-bond acceptors (Lipinski definition) is 5. The molecule has 112 valence electrons. The quantitative estimate of drug-likeness (QED) is 0.503. The smallest absolute Gasteiger partial charge is 0.263 e. The molecule has 0 unspecified atom stereocenters. The molecule has 0 amide bonds. The van der Waals surface area contributed by atoms with E-state index in [0.29, 0.717) is 0 Å². The van der Waals surface area contributed by atoms with Gasteiger partial charge in [0.15, 0.2) is 0 Å². The Balaban J connectivity index is 2.45. The number of nitrogens with zero attached hydrogens (tertiary/aromatic N) is 2. The van der Waals surface area contributed by atoms with Gasteiger partial charge in [-0.3, -0.25) is 4.72 Å². The fourth-order valence-corrected chi connectivity index (χ4v) is 3.26. The van der Waals surface area contributed by atoms with Crippen LogP contribution in [0.4, 0.5) is 15.9 Å². The molecule has 6 nitrogen and oxygen atoms in total. The number of benzene rings is 1. The van der Waals surface area contributed by atoms with Gasteiger partial charge in [-0.05, 0) is 36.2 Å². The third kappa shape index (κ3) is 3.52. The number of nitrogens with one attached hydrogen (secondary N) is 1. The summed E-state index contributed by atoms with van der Waals surface area (Å²) >= 11 is 11.3. The molecule has 0 fully saturated rings. The fraction of sp³-hybridized carbons (Fsp3) is 0.0909. The fourth-order valence-electron chi connectivity index (χ4n) is 1.59. The Labute approximate surface area is 130 Å². The minimum Gasteiger partial charge on any atom is -0.396 e. The van der Waals surface area contributed by atoms with E-state index in [4.69, 9.17) is 28.9 Å². The zero-order chi connectivity index (χ0) is 15.8. The molecule has 21 heavy (non-hydrogen) atoms. The van der Waals surface area contributed by atoms with Crippen LogP contribution in [0.1, 0.15) is 5.56 Å². The van der Waals surface area contributed by atoms with Crippen LogP contribution in [0.5, 0.6) is 0 Å². The third-order valence-corrected chi connectivity index (χ3v) is 4.35. The summed E-state index contributed by atoms with van der Waals surface area (Å²) in [6.07, 6.45) is 0. The molecule has 10 heteroatoms. The normalized spacial score (nSPS) is 11.4.